The highest BCUT2D eigenvalue weighted by Gasteiger charge is 2.52. The van der Waals surface area contributed by atoms with E-state index < -0.39 is 84.6 Å². The van der Waals surface area contributed by atoms with Gasteiger partial charge < -0.3 is 108 Å². The van der Waals surface area contributed by atoms with Crippen molar-refractivity contribution in [3.8, 4) is 0 Å². The molecule has 11 aliphatic rings. The van der Waals surface area contributed by atoms with Crippen molar-refractivity contribution in [3.63, 3.8) is 0 Å². The number of fused-ring (bicyclic) bond motifs is 6. The van der Waals surface area contributed by atoms with Crippen molar-refractivity contribution in [1.29, 1.82) is 0 Å². The molecule has 11 heterocycles. The van der Waals surface area contributed by atoms with Crippen LogP contribution < -0.4 is 74.4 Å². The fraction of sp³-hybridized carbons (Fsp3) is 0.574. The fourth-order valence-corrected chi connectivity index (χ4v) is 21.2. The first-order valence-electron chi connectivity index (χ1n) is 52.3. The van der Waals surface area contributed by atoms with Gasteiger partial charge in [0.15, 0.2) is 11.9 Å². The molecule has 11 aliphatic heterocycles. The number of carbonyl (C=O) groups excluding carboxylic acids is 18. The molecular weight excluding hydrogens is 1880 g/mol. The third kappa shape index (κ3) is 30.1. The molecule has 15 rings (SSSR count). The van der Waals surface area contributed by atoms with Gasteiger partial charge in [-0.1, -0.05) is 130 Å². The number of ether oxygens (including phenoxy) is 2. The maximum atomic E-state index is 13.6. The van der Waals surface area contributed by atoms with Gasteiger partial charge in [-0.25, -0.2) is 4.79 Å². The fourth-order valence-electron chi connectivity index (χ4n) is 21.2. The average molecular weight is 2030 g/mol. The first-order valence-corrected chi connectivity index (χ1v) is 52.3. The smallest absolute Gasteiger partial charge is 0.329 e. The highest BCUT2D eigenvalue weighted by molar-refractivity contribution is 6.05. The number of esters is 2. The number of nitrogens with one attached hydrogen (secondary N) is 14. The molecule has 11 saturated heterocycles. The summed E-state index contributed by atoms with van der Waals surface area (Å²) in [6.45, 7) is 16.0. The lowest BCUT2D eigenvalue weighted by Gasteiger charge is -2.35. The van der Waals surface area contributed by atoms with Crippen molar-refractivity contribution in [3.05, 3.63) is 160 Å². The monoisotopic (exact) mass is 2030 g/mol. The molecule has 2 bridgehead atoms. The van der Waals surface area contributed by atoms with Crippen LogP contribution in [0.1, 0.15) is 263 Å². The maximum Gasteiger partial charge on any atom is 0.329 e. The van der Waals surface area contributed by atoms with E-state index in [9.17, 15) is 86.3 Å². The SMILES string of the molecule is C=CC(=O)NCc1cccc(CNC(=O)[C@@H]2CC[C@@H]3CCCC[C@H](NC(=O)[C@H](C)NC)C(=O)N32)c1.CN[C@@H](C)C(=O)N[C@H]1CCCC[C@H]2CC[C@@H](C(=O)NCc3cccc(C(=O)C=C(C)C)c3)N2C1=O.CN[C@@H](C)C(=O)N[C@H]1CCCC[C@H]2CC[C@@H](C(=O)NCc3cccc(C(=O)N4C[C@@H]5C[C@H]4C(=O)O5)c3)N2C1=O.CN[C@@H](C)C(=O)N[C@H]1CCCC[C@H]2CC[C@@H](C(=O)NCc3cccc(NC(=O)[C@H]4CCC(=O)O4)c3)N2C1=O. The number of benzene rings is 4. The van der Waals surface area contributed by atoms with E-state index in [1.54, 1.807) is 141 Å². The molecule has 4 aromatic carbocycles. The number of ketones is 1. The van der Waals surface area contributed by atoms with Gasteiger partial charge in [-0.05, 0) is 243 Å². The number of likely N-dealkylation sites (tertiary alicyclic amines) is 1. The number of likely N-dealkylation sites (N-methyl/N-ethyl adjacent to an activating group) is 4. The van der Waals surface area contributed by atoms with Crippen molar-refractivity contribution in [1.82, 2.24) is 93.6 Å². The van der Waals surface area contributed by atoms with Crippen LogP contribution in [0.2, 0.25) is 0 Å². The van der Waals surface area contributed by atoms with Crippen LogP contribution in [0.5, 0.6) is 0 Å². The van der Waals surface area contributed by atoms with Gasteiger partial charge in [0.1, 0.15) is 60.5 Å². The van der Waals surface area contributed by atoms with Crippen LogP contribution in [0.4, 0.5) is 5.69 Å². The number of carbonyl (C=O) groups is 18. The lowest BCUT2D eigenvalue weighted by Crippen LogP contribution is -2.57. The van der Waals surface area contributed by atoms with Crippen LogP contribution >= 0.6 is 0 Å². The minimum Gasteiger partial charge on any atom is -0.459 e. The summed E-state index contributed by atoms with van der Waals surface area (Å²) < 4.78 is 10.2. The number of rotatable bonds is 32. The Labute approximate surface area is 859 Å². The Morgan fingerprint density at radius 1 is 0.388 bits per heavy atom. The molecule has 39 heteroatoms. The molecule has 0 aromatic heterocycles. The number of hydrogen-bond acceptors (Lipinski definition) is 24. The molecule has 15 amide bonds. The molecule has 0 spiro atoms. The summed E-state index contributed by atoms with van der Waals surface area (Å²) in [6.07, 6.45) is 21.3. The largest absolute Gasteiger partial charge is 0.459 e. The highest BCUT2D eigenvalue weighted by Crippen LogP contribution is 2.38. The summed E-state index contributed by atoms with van der Waals surface area (Å²) in [7, 11) is 6.79. The topological polar surface area (TPSA) is 510 Å². The van der Waals surface area contributed by atoms with Gasteiger partial charge in [-0.15, -0.1) is 0 Å². The lowest BCUT2D eigenvalue weighted by atomic mass is 9.98. The average Bonchev–Trinajstić information content (AvgIpc) is 1.63. The first kappa shape index (κ1) is 113. The van der Waals surface area contributed by atoms with E-state index in [4.69, 9.17) is 9.47 Å². The number of amides is 15. The van der Waals surface area contributed by atoms with E-state index in [0.29, 0.717) is 101 Å². The van der Waals surface area contributed by atoms with Crippen LogP contribution in [0.25, 0.3) is 0 Å². The second-order valence-corrected chi connectivity index (χ2v) is 40.5. The first-order chi connectivity index (χ1) is 70.6. The van der Waals surface area contributed by atoms with Crippen LogP contribution in [-0.4, -0.2) is 280 Å². The van der Waals surface area contributed by atoms with Crippen LogP contribution in [0.15, 0.2) is 121 Å². The molecule has 0 radical (unpaired) electrons. The van der Waals surface area contributed by atoms with Crippen molar-refractivity contribution in [2.45, 2.75) is 363 Å². The van der Waals surface area contributed by atoms with Crippen molar-refractivity contribution >= 4 is 112 Å². The Bertz CT molecular complexity index is 5480. The lowest BCUT2D eigenvalue weighted by molar-refractivity contribution is -0.149. The zero-order valence-corrected chi connectivity index (χ0v) is 86.3. The van der Waals surface area contributed by atoms with Gasteiger partial charge in [0.05, 0.1) is 30.7 Å². The van der Waals surface area contributed by atoms with Crippen molar-refractivity contribution in [2.24, 2.45) is 0 Å². The normalized spacial score (nSPS) is 25.3. The van der Waals surface area contributed by atoms with E-state index in [2.05, 4.69) is 81.0 Å². The Hall–Kier alpha value is -13.1. The number of anilines is 1. The minimum absolute atomic E-state index is 0.0112. The predicted octanol–water partition coefficient (Wildman–Crippen LogP) is 5.05. The summed E-state index contributed by atoms with van der Waals surface area (Å²) in [5.74, 6) is -4.12. The Morgan fingerprint density at radius 2 is 0.721 bits per heavy atom. The number of cyclic esters (lactones) is 1. The predicted molar refractivity (Wildman–Crippen MR) is 546 cm³/mol. The van der Waals surface area contributed by atoms with Crippen LogP contribution in [0.3, 0.4) is 0 Å². The van der Waals surface area contributed by atoms with Gasteiger partial charge in [-0.2, -0.15) is 0 Å². The molecule has 11 fully saturated rings. The molecule has 147 heavy (non-hydrogen) atoms. The second-order valence-electron chi connectivity index (χ2n) is 40.5. The summed E-state index contributed by atoms with van der Waals surface area (Å²) in [4.78, 5) is 238. The van der Waals surface area contributed by atoms with Gasteiger partial charge in [0.2, 0.25) is 76.8 Å². The molecule has 14 N–H and O–H groups in total. The third-order valence-electron chi connectivity index (χ3n) is 29.9. The molecule has 0 unspecified atom stereocenters. The van der Waals surface area contributed by atoms with Gasteiger partial charge >= 0.3 is 11.9 Å². The molecular formula is C108H149N19O20. The number of allylic oxidation sites excluding steroid dienone is 2. The standard InChI is InChI=1S/C28H37N5O6.C27H37N5O6.C27H38N4O4.C26H37N5O4/c1-16(29-2)24(34)31-21-9-4-3-8-19-10-11-22(33(19)27(21)37)25(35)30-14-17-6-5-7-18(12-17)26(36)32-15-20-13-23(32)28(38)39-20;1-16(28-2)24(34)31-20-9-4-3-8-19-10-11-21(32(19)27(20)37)25(35)29-15-17-6-5-7-18(14-17)30-26(36)22-12-13-23(33)38-22;1-17(2)14-24(32)20-9-7-8-19(15-20)16-29-26(34)23-13-12-21-10-5-6-11-22(27(35)31(21)23)30-25(33)18(3)28-4;1-4-23(32)28-15-18-8-7-9-19(14-18)16-29-25(34)22-13-12-20-10-5-6-11-21(26(35)31(20)22)30-24(33)17(2)27-3/h5-7,12,16,19-23,29H,3-4,8-11,13-15H2,1-2H3,(H,30,35)(H,31,34);5-7,14,16,19-22,28H,3-4,8-13,15H2,1-2H3,(H,29,35)(H,30,36)(H,31,34);7-9,14-15,18,21-23,28H,5-6,10-13,16H2,1-4H3,(H,29,34)(H,30,33);4,7-9,14,17,20-22,27H,1,5-6,10-13,15-16H2,2-3H3,(H,28,32)(H,29,34)(H,30,33)/t16-,19-,20-,21-,22-,23-;16-,19-,20-,21-,22+;18-,21-,22-,23-;17-,20-,21-,22-/m0000/s1. The molecule has 0 saturated carbocycles. The summed E-state index contributed by atoms with van der Waals surface area (Å²) in [6, 6.07) is 22.0. The quantitative estimate of drug-likeness (QED) is 0.0173. The maximum absolute atomic E-state index is 13.6. The second kappa shape index (κ2) is 54.0. The number of hydrogen-bond donors (Lipinski definition) is 14. The number of nitrogens with zero attached hydrogens (tertiary/aromatic N) is 5. The highest BCUT2D eigenvalue weighted by atomic mass is 16.6. The van der Waals surface area contributed by atoms with Crippen molar-refractivity contribution < 1.29 is 95.8 Å². The summed E-state index contributed by atoms with van der Waals surface area (Å²) in [5.41, 5.74) is 6.68. The zero-order valence-electron chi connectivity index (χ0n) is 86.3. The molecule has 39 nitrogen and oxygen atoms in total. The zero-order chi connectivity index (χ0) is 106. The Kier molecular flexibility index (Phi) is 41.4. The van der Waals surface area contributed by atoms with E-state index >= 15 is 0 Å². The van der Waals surface area contributed by atoms with Crippen molar-refractivity contribution in [2.75, 3.05) is 40.1 Å². The van der Waals surface area contributed by atoms with E-state index in [0.717, 1.165) is 136 Å². The van der Waals surface area contributed by atoms with E-state index in [1.807, 2.05) is 56.3 Å². The number of morpholine rings is 1. The van der Waals surface area contributed by atoms with Gasteiger partial charge in [0.25, 0.3) is 11.8 Å². The molecule has 19 atom stereocenters. The minimum atomic E-state index is -0.786. The Balaban J connectivity index is 0.000000174. The van der Waals surface area contributed by atoms with Crippen LogP contribution in [0, 0.1) is 0 Å². The molecule has 796 valence electrons. The summed E-state index contributed by atoms with van der Waals surface area (Å²) in [5, 5.41) is 40.4. The molecule has 0 aliphatic carbocycles. The van der Waals surface area contributed by atoms with Crippen LogP contribution in [-0.2, 0) is 119 Å². The molecule has 4 aromatic rings. The van der Waals surface area contributed by atoms with E-state index in [1.165, 1.54) is 6.08 Å². The van der Waals surface area contributed by atoms with E-state index in [-0.39, 0.29) is 163 Å². The summed E-state index contributed by atoms with van der Waals surface area (Å²) >= 11 is 0. The Morgan fingerprint density at radius 3 is 1.06 bits per heavy atom. The van der Waals surface area contributed by atoms with Gasteiger partial charge in [-0.3, -0.25) is 81.5 Å². The third-order valence-corrected chi connectivity index (χ3v) is 29.9. The van der Waals surface area contributed by atoms with Gasteiger partial charge in [0, 0.05) is 93.0 Å².